The molecule has 4 nitrogen and oxygen atoms in total. The summed E-state index contributed by atoms with van der Waals surface area (Å²) >= 11 is 0. The zero-order chi connectivity index (χ0) is 18.8. The van der Waals surface area contributed by atoms with Crippen LogP contribution in [0.25, 0.3) is 0 Å². The SMILES string of the molecule is CCCCCCC(CC=CCCCCCCCC(=O)OC)OC(C)=O. The molecule has 0 aliphatic carbocycles. The van der Waals surface area contributed by atoms with Crippen molar-refractivity contribution >= 4 is 11.9 Å². The highest BCUT2D eigenvalue weighted by Crippen LogP contribution is 2.13. The molecular formula is C21H38O4. The molecule has 0 fully saturated rings. The zero-order valence-corrected chi connectivity index (χ0v) is 16.6. The maximum Gasteiger partial charge on any atom is 0.305 e. The van der Waals surface area contributed by atoms with Crippen LogP contribution in [0.4, 0.5) is 0 Å². The van der Waals surface area contributed by atoms with Gasteiger partial charge in [0.1, 0.15) is 6.10 Å². The summed E-state index contributed by atoms with van der Waals surface area (Å²) < 4.78 is 10.0. The normalized spacial score (nSPS) is 12.3. The average molecular weight is 355 g/mol. The number of carbonyl (C=O) groups excluding carboxylic acids is 2. The molecule has 0 bridgehead atoms. The number of ether oxygens (including phenoxy) is 2. The van der Waals surface area contributed by atoms with Crippen molar-refractivity contribution in [2.45, 2.75) is 103 Å². The van der Waals surface area contributed by atoms with Crippen molar-refractivity contribution in [3.63, 3.8) is 0 Å². The van der Waals surface area contributed by atoms with E-state index in [-0.39, 0.29) is 18.0 Å². The molecule has 0 aromatic rings. The highest BCUT2D eigenvalue weighted by molar-refractivity contribution is 5.68. The first kappa shape index (κ1) is 23.7. The van der Waals surface area contributed by atoms with E-state index in [4.69, 9.17) is 4.74 Å². The first-order valence-electron chi connectivity index (χ1n) is 9.99. The topological polar surface area (TPSA) is 52.6 Å². The number of hydrogen-bond donors (Lipinski definition) is 0. The van der Waals surface area contributed by atoms with Crippen molar-refractivity contribution in [1.82, 2.24) is 0 Å². The predicted molar refractivity (Wildman–Crippen MR) is 102 cm³/mol. The molecule has 0 aliphatic heterocycles. The Labute approximate surface area is 154 Å². The van der Waals surface area contributed by atoms with Crippen LogP contribution in [-0.4, -0.2) is 25.2 Å². The van der Waals surface area contributed by atoms with Crippen molar-refractivity contribution in [2.75, 3.05) is 7.11 Å². The van der Waals surface area contributed by atoms with Crippen LogP contribution in [0.3, 0.4) is 0 Å². The Morgan fingerprint density at radius 3 is 2.28 bits per heavy atom. The van der Waals surface area contributed by atoms with E-state index in [1.807, 2.05) is 0 Å². The lowest BCUT2D eigenvalue weighted by molar-refractivity contribution is -0.146. The fourth-order valence-electron chi connectivity index (χ4n) is 2.79. The van der Waals surface area contributed by atoms with Crippen LogP contribution >= 0.6 is 0 Å². The second-order valence-corrected chi connectivity index (χ2v) is 6.67. The molecule has 0 saturated heterocycles. The van der Waals surface area contributed by atoms with Crippen LogP contribution in [-0.2, 0) is 19.1 Å². The minimum Gasteiger partial charge on any atom is -0.469 e. The third-order valence-electron chi connectivity index (χ3n) is 4.26. The molecule has 0 saturated carbocycles. The van der Waals surface area contributed by atoms with Crippen molar-refractivity contribution in [1.29, 1.82) is 0 Å². The van der Waals surface area contributed by atoms with E-state index in [1.165, 1.54) is 52.6 Å². The summed E-state index contributed by atoms with van der Waals surface area (Å²) in [5.74, 6) is -0.291. The summed E-state index contributed by atoms with van der Waals surface area (Å²) in [5, 5.41) is 0. The summed E-state index contributed by atoms with van der Waals surface area (Å²) in [4.78, 5) is 22.2. The number of hydrogen-bond acceptors (Lipinski definition) is 4. The standard InChI is InChI=1S/C21H38O4/c1-4-5-6-13-16-20(25-19(2)22)17-14-11-9-7-8-10-12-15-18-21(23)24-3/h11,14,20H,4-10,12-13,15-18H2,1-3H3. The minimum absolute atomic E-state index is 0.0314. The second-order valence-electron chi connectivity index (χ2n) is 6.67. The molecule has 1 atom stereocenters. The Bertz CT molecular complexity index is 363. The first-order valence-corrected chi connectivity index (χ1v) is 9.99. The third-order valence-corrected chi connectivity index (χ3v) is 4.26. The van der Waals surface area contributed by atoms with Crippen molar-refractivity contribution < 1.29 is 19.1 Å². The summed E-state index contributed by atoms with van der Waals surface area (Å²) in [5.41, 5.74) is 0. The highest BCUT2D eigenvalue weighted by Gasteiger charge is 2.09. The van der Waals surface area contributed by atoms with Gasteiger partial charge in [0.15, 0.2) is 0 Å². The lowest BCUT2D eigenvalue weighted by Crippen LogP contribution is -2.15. The predicted octanol–water partition coefficient (Wildman–Crippen LogP) is 5.74. The average Bonchev–Trinajstić information content (AvgIpc) is 2.59. The van der Waals surface area contributed by atoms with Crippen LogP contribution in [0.1, 0.15) is 97.3 Å². The monoisotopic (exact) mass is 354 g/mol. The molecule has 0 heterocycles. The first-order chi connectivity index (χ1) is 12.1. The van der Waals surface area contributed by atoms with Gasteiger partial charge in [-0.3, -0.25) is 9.59 Å². The fraction of sp³-hybridized carbons (Fsp3) is 0.810. The van der Waals surface area contributed by atoms with Crippen molar-refractivity contribution in [3.8, 4) is 0 Å². The number of unbranched alkanes of at least 4 members (excludes halogenated alkanes) is 8. The minimum atomic E-state index is -0.180. The van der Waals surface area contributed by atoms with E-state index in [2.05, 4.69) is 23.8 Å². The van der Waals surface area contributed by atoms with Crippen molar-refractivity contribution in [2.24, 2.45) is 0 Å². The Kier molecular flexibility index (Phi) is 16.6. The number of methoxy groups -OCH3 is 1. The third kappa shape index (κ3) is 17.3. The van der Waals surface area contributed by atoms with E-state index in [0.29, 0.717) is 6.42 Å². The summed E-state index contributed by atoms with van der Waals surface area (Å²) in [6.07, 6.45) is 18.1. The van der Waals surface area contributed by atoms with Crippen molar-refractivity contribution in [3.05, 3.63) is 12.2 Å². The van der Waals surface area contributed by atoms with Gasteiger partial charge in [-0.1, -0.05) is 57.6 Å². The summed E-state index contributed by atoms with van der Waals surface area (Å²) in [7, 11) is 1.44. The Morgan fingerprint density at radius 1 is 0.920 bits per heavy atom. The fourth-order valence-corrected chi connectivity index (χ4v) is 2.79. The summed E-state index contributed by atoms with van der Waals surface area (Å²) in [6.45, 7) is 3.69. The van der Waals surface area contributed by atoms with E-state index in [1.54, 1.807) is 0 Å². The molecule has 0 radical (unpaired) electrons. The van der Waals surface area contributed by atoms with E-state index >= 15 is 0 Å². The van der Waals surface area contributed by atoms with Crippen LogP contribution in [0.2, 0.25) is 0 Å². The van der Waals surface area contributed by atoms with Gasteiger partial charge in [-0.25, -0.2) is 0 Å². The maximum absolute atomic E-state index is 11.2. The molecule has 1 unspecified atom stereocenters. The molecule has 0 aliphatic rings. The Hall–Kier alpha value is -1.32. The summed E-state index contributed by atoms with van der Waals surface area (Å²) in [6, 6.07) is 0. The van der Waals surface area contributed by atoms with Gasteiger partial charge in [-0.15, -0.1) is 0 Å². The lowest BCUT2D eigenvalue weighted by atomic mass is 10.1. The molecule has 0 N–H and O–H groups in total. The molecule has 0 spiro atoms. The van der Waals surface area contributed by atoms with E-state index < -0.39 is 0 Å². The van der Waals surface area contributed by atoms with E-state index in [9.17, 15) is 9.59 Å². The van der Waals surface area contributed by atoms with Gasteiger partial charge in [0.25, 0.3) is 0 Å². The van der Waals surface area contributed by atoms with Gasteiger partial charge in [0.05, 0.1) is 7.11 Å². The van der Waals surface area contributed by atoms with Gasteiger partial charge in [0.2, 0.25) is 0 Å². The molecule has 0 amide bonds. The van der Waals surface area contributed by atoms with Gasteiger partial charge < -0.3 is 9.47 Å². The van der Waals surface area contributed by atoms with Crippen LogP contribution < -0.4 is 0 Å². The highest BCUT2D eigenvalue weighted by atomic mass is 16.5. The molecule has 0 aromatic heterocycles. The second kappa shape index (κ2) is 17.5. The van der Waals surface area contributed by atoms with Crippen LogP contribution in [0, 0.1) is 0 Å². The molecular weight excluding hydrogens is 316 g/mol. The van der Waals surface area contributed by atoms with Gasteiger partial charge >= 0.3 is 11.9 Å². The number of allylic oxidation sites excluding steroid dienone is 1. The largest absolute Gasteiger partial charge is 0.469 e. The number of rotatable bonds is 16. The number of carbonyl (C=O) groups is 2. The van der Waals surface area contributed by atoms with Gasteiger partial charge in [-0.05, 0) is 32.1 Å². The Balaban J connectivity index is 3.68. The van der Waals surface area contributed by atoms with Crippen LogP contribution in [0.5, 0.6) is 0 Å². The molecule has 146 valence electrons. The molecule has 4 heteroatoms. The van der Waals surface area contributed by atoms with Gasteiger partial charge in [-0.2, -0.15) is 0 Å². The zero-order valence-electron chi connectivity index (χ0n) is 16.6. The van der Waals surface area contributed by atoms with Gasteiger partial charge in [0, 0.05) is 19.8 Å². The quantitative estimate of drug-likeness (QED) is 0.201. The molecule has 25 heavy (non-hydrogen) atoms. The molecule has 0 aromatic carbocycles. The number of esters is 2. The van der Waals surface area contributed by atoms with Crippen LogP contribution in [0.15, 0.2) is 12.2 Å². The maximum atomic E-state index is 11.2. The smallest absolute Gasteiger partial charge is 0.305 e. The Morgan fingerprint density at radius 2 is 1.60 bits per heavy atom. The van der Waals surface area contributed by atoms with E-state index in [0.717, 1.165) is 38.5 Å². The lowest BCUT2D eigenvalue weighted by Gasteiger charge is -2.15. The molecule has 0 rings (SSSR count).